The molecule has 0 bridgehead atoms. The number of carbonyl (C=O) groups excluding carboxylic acids is 1. The highest BCUT2D eigenvalue weighted by molar-refractivity contribution is 5.94. The lowest BCUT2D eigenvalue weighted by molar-refractivity contribution is -0.0223. The monoisotopic (exact) mass is 324 g/mol. The van der Waals surface area contributed by atoms with Crippen molar-refractivity contribution in [3.63, 3.8) is 0 Å². The number of likely N-dealkylation sites (tertiary alicyclic amines) is 1. The van der Waals surface area contributed by atoms with E-state index in [1.807, 2.05) is 0 Å². The summed E-state index contributed by atoms with van der Waals surface area (Å²) in [5, 5.41) is 9.42. The van der Waals surface area contributed by atoms with Crippen LogP contribution < -0.4 is 0 Å². The maximum atomic E-state index is 13.4. The number of benzene rings is 1. The molecule has 1 atom stereocenters. The molecule has 23 heavy (non-hydrogen) atoms. The van der Waals surface area contributed by atoms with Crippen LogP contribution in [0.1, 0.15) is 29.6 Å². The molecule has 6 heteroatoms. The summed E-state index contributed by atoms with van der Waals surface area (Å²) in [5.74, 6) is -1.81. The fraction of sp³-hybridized carbons (Fsp3) is 0.588. The molecule has 1 aromatic rings. The first kappa shape index (κ1) is 16.3. The molecule has 1 saturated carbocycles. The van der Waals surface area contributed by atoms with Crippen molar-refractivity contribution in [3.05, 3.63) is 35.4 Å². The van der Waals surface area contributed by atoms with Crippen molar-refractivity contribution in [3.8, 4) is 0 Å². The van der Waals surface area contributed by atoms with Gasteiger partial charge in [0, 0.05) is 38.3 Å². The fourth-order valence-electron chi connectivity index (χ4n) is 3.35. The van der Waals surface area contributed by atoms with Gasteiger partial charge in [0.15, 0.2) is 11.6 Å². The average Bonchev–Trinajstić information content (AvgIpc) is 2.44. The third kappa shape index (κ3) is 3.38. The number of likely N-dealkylation sites (N-methyl/N-ethyl adjacent to an activating group) is 1. The van der Waals surface area contributed by atoms with Crippen molar-refractivity contribution in [2.75, 3.05) is 26.7 Å². The van der Waals surface area contributed by atoms with Gasteiger partial charge in [-0.15, -0.1) is 0 Å². The molecule has 0 radical (unpaired) electrons. The molecule has 1 aliphatic carbocycles. The van der Waals surface area contributed by atoms with E-state index in [9.17, 15) is 18.7 Å². The van der Waals surface area contributed by atoms with E-state index in [1.165, 1.54) is 6.07 Å². The zero-order chi connectivity index (χ0) is 16.6. The predicted octanol–water partition coefficient (Wildman–Crippen LogP) is 1.88. The Bertz CT molecular complexity index is 586. The number of β-amino-alcohol motifs (C(OH)–C–C–N with tert-alkyl or cyclic N) is 1. The van der Waals surface area contributed by atoms with Gasteiger partial charge in [-0.05, 0) is 37.0 Å². The lowest BCUT2D eigenvalue weighted by Crippen LogP contribution is -2.58. The molecule has 1 saturated heterocycles. The molecule has 1 unspecified atom stereocenters. The van der Waals surface area contributed by atoms with E-state index < -0.39 is 11.6 Å². The van der Waals surface area contributed by atoms with Crippen molar-refractivity contribution in [1.82, 2.24) is 9.80 Å². The lowest BCUT2D eigenvalue weighted by Gasteiger charge is -2.45. The second-order valence-corrected chi connectivity index (χ2v) is 6.68. The normalized spacial score (nSPS) is 20.7. The van der Waals surface area contributed by atoms with Crippen LogP contribution in [0.3, 0.4) is 0 Å². The lowest BCUT2D eigenvalue weighted by atomic mass is 9.78. The summed E-state index contributed by atoms with van der Waals surface area (Å²) in [6, 6.07) is 3.31. The molecule has 2 fully saturated rings. The van der Waals surface area contributed by atoms with Crippen LogP contribution in [0.25, 0.3) is 0 Å². The van der Waals surface area contributed by atoms with Gasteiger partial charge in [0.2, 0.25) is 0 Å². The maximum absolute atomic E-state index is 13.4. The molecule has 0 aromatic heterocycles. The van der Waals surface area contributed by atoms with Gasteiger partial charge in [0.1, 0.15) is 0 Å². The number of hydrogen-bond donors (Lipinski definition) is 1. The van der Waals surface area contributed by atoms with Gasteiger partial charge >= 0.3 is 0 Å². The van der Waals surface area contributed by atoms with Crippen molar-refractivity contribution < 1.29 is 18.7 Å². The zero-order valence-electron chi connectivity index (χ0n) is 13.2. The standard InChI is InChI=1S/C17H22F2N2O2/c1-20(17(23)12-5-6-14(18)15(19)7-12)16(11-3-2-4-11)10-21-8-13(22)9-21/h5-7,11,13,16,22H,2-4,8-10H2,1H3. The molecule has 126 valence electrons. The van der Waals surface area contributed by atoms with Crippen molar-refractivity contribution in [2.45, 2.75) is 31.4 Å². The van der Waals surface area contributed by atoms with Gasteiger partial charge < -0.3 is 10.0 Å². The van der Waals surface area contributed by atoms with Crippen LogP contribution in [0.2, 0.25) is 0 Å². The fourth-order valence-corrected chi connectivity index (χ4v) is 3.35. The van der Waals surface area contributed by atoms with Gasteiger partial charge in [0.25, 0.3) is 5.91 Å². The first-order chi connectivity index (χ1) is 11.0. The average molecular weight is 324 g/mol. The van der Waals surface area contributed by atoms with Crippen LogP contribution in [0.15, 0.2) is 18.2 Å². The largest absolute Gasteiger partial charge is 0.390 e. The van der Waals surface area contributed by atoms with E-state index >= 15 is 0 Å². The second kappa shape index (κ2) is 6.53. The number of halogens is 2. The van der Waals surface area contributed by atoms with Crippen molar-refractivity contribution in [1.29, 1.82) is 0 Å². The van der Waals surface area contributed by atoms with E-state index in [4.69, 9.17) is 0 Å². The smallest absolute Gasteiger partial charge is 0.254 e. The number of rotatable bonds is 5. The third-order valence-corrected chi connectivity index (χ3v) is 5.06. The Morgan fingerprint density at radius 3 is 2.57 bits per heavy atom. The molecular formula is C17H22F2N2O2. The Kier molecular flexibility index (Phi) is 4.64. The number of aliphatic hydroxyl groups excluding tert-OH is 1. The first-order valence-corrected chi connectivity index (χ1v) is 8.08. The number of carbonyl (C=O) groups is 1. The Morgan fingerprint density at radius 2 is 2.04 bits per heavy atom. The topological polar surface area (TPSA) is 43.8 Å². The van der Waals surface area contributed by atoms with Crippen LogP contribution in [-0.4, -0.2) is 59.6 Å². The Morgan fingerprint density at radius 1 is 1.35 bits per heavy atom. The van der Waals surface area contributed by atoms with Crippen LogP contribution in [-0.2, 0) is 0 Å². The highest BCUT2D eigenvalue weighted by atomic mass is 19.2. The molecule has 1 amide bonds. The minimum atomic E-state index is -1.00. The highest BCUT2D eigenvalue weighted by Crippen LogP contribution is 2.33. The van der Waals surface area contributed by atoms with E-state index in [2.05, 4.69) is 4.90 Å². The zero-order valence-corrected chi connectivity index (χ0v) is 13.2. The SMILES string of the molecule is CN(C(=O)c1ccc(F)c(F)c1)C(CN1CC(O)C1)C1CCC1. The summed E-state index contributed by atoms with van der Waals surface area (Å²) in [5.41, 5.74) is 0.166. The first-order valence-electron chi connectivity index (χ1n) is 8.08. The van der Waals surface area contributed by atoms with Gasteiger partial charge in [-0.1, -0.05) is 6.42 Å². The van der Waals surface area contributed by atoms with E-state index in [0.29, 0.717) is 25.6 Å². The summed E-state index contributed by atoms with van der Waals surface area (Å²) < 4.78 is 26.4. The van der Waals surface area contributed by atoms with Crippen LogP contribution in [0.5, 0.6) is 0 Å². The van der Waals surface area contributed by atoms with E-state index in [1.54, 1.807) is 11.9 Å². The van der Waals surface area contributed by atoms with E-state index in [-0.39, 0.29) is 23.6 Å². The molecule has 3 rings (SSSR count). The van der Waals surface area contributed by atoms with Crippen molar-refractivity contribution >= 4 is 5.91 Å². The summed E-state index contributed by atoms with van der Waals surface area (Å²) >= 11 is 0. The van der Waals surface area contributed by atoms with Crippen molar-refractivity contribution in [2.24, 2.45) is 5.92 Å². The number of hydrogen-bond acceptors (Lipinski definition) is 3. The number of nitrogens with zero attached hydrogens (tertiary/aromatic N) is 2. The molecule has 1 N–H and O–H groups in total. The maximum Gasteiger partial charge on any atom is 0.254 e. The molecule has 1 heterocycles. The Balaban J connectivity index is 1.72. The Labute approximate surface area is 134 Å². The van der Waals surface area contributed by atoms with Crippen LogP contribution in [0.4, 0.5) is 8.78 Å². The number of amides is 1. The second-order valence-electron chi connectivity index (χ2n) is 6.68. The summed E-state index contributed by atoms with van der Waals surface area (Å²) in [6.45, 7) is 1.99. The minimum absolute atomic E-state index is 0.0388. The molecular weight excluding hydrogens is 302 g/mol. The molecule has 4 nitrogen and oxygen atoms in total. The van der Waals surface area contributed by atoms with Crippen LogP contribution in [0, 0.1) is 17.6 Å². The summed E-state index contributed by atoms with van der Waals surface area (Å²) in [7, 11) is 1.72. The van der Waals surface area contributed by atoms with E-state index in [0.717, 1.165) is 31.4 Å². The molecule has 0 spiro atoms. The third-order valence-electron chi connectivity index (χ3n) is 5.06. The van der Waals surface area contributed by atoms with Gasteiger partial charge in [-0.25, -0.2) is 8.78 Å². The highest BCUT2D eigenvalue weighted by Gasteiger charge is 2.36. The van der Waals surface area contributed by atoms with Gasteiger partial charge in [-0.3, -0.25) is 9.69 Å². The number of aliphatic hydroxyl groups is 1. The quantitative estimate of drug-likeness (QED) is 0.899. The Hall–Kier alpha value is -1.53. The molecule has 1 aliphatic heterocycles. The molecule has 1 aromatic carbocycles. The summed E-state index contributed by atoms with van der Waals surface area (Å²) in [4.78, 5) is 16.4. The van der Waals surface area contributed by atoms with Gasteiger partial charge in [0.05, 0.1) is 6.10 Å². The van der Waals surface area contributed by atoms with Crippen LogP contribution >= 0.6 is 0 Å². The predicted molar refractivity (Wildman–Crippen MR) is 82.0 cm³/mol. The molecule has 2 aliphatic rings. The minimum Gasteiger partial charge on any atom is -0.390 e. The van der Waals surface area contributed by atoms with Gasteiger partial charge in [-0.2, -0.15) is 0 Å². The summed E-state index contributed by atoms with van der Waals surface area (Å²) in [6.07, 6.45) is 3.05.